The molecule has 0 saturated heterocycles. The Labute approximate surface area is 100 Å². The van der Waals surface area contributed by atoms with Crippen molar-refractivity contribution < 1.29 is 9.59 Å². The standard InChI is InChI=1S/C8H17N3O2S2/c9-5(1-3-14)8(13)11-6(2-4-15)7(10)12/h5-6,14-15H,1-4,9H2,(H2,10,12)(H,11,13). The van der Waals surface area contributed by atoms with Gasteiger partial charge in [0.2, 0.25) is 11.8 Å². The van der Waals surface area contributed by atoms with E-state index in [1.165, 1.54) is 0 Å². The van der Waals surface area contributed by atoms with Gasteiger partial charge in [-0.25, -0.2) is 0 Å². The van der Waals surface area contributed by atoms with Gasteiger partial charge >= 0.3 is 0 Å². The Morgan fingerprint density at radius 3 is 2.13 bits per heavy atom. The molecule has 7 heteroatoms. The van der Waals surface area contributed by atoms with E-state index in [1.54, 1.807) is 0 Å². The van der Waals surface area contributed by atoms with E-state index in [-0.39, 0.29) is 5.91 Å². The molecule has 2 amide bonds. The van der Waals surface area contributed by atoms with E-state index in [2.05, 4.69) is 30.6 Å². The van der Waals surface area contributed by atoms with Crippen molar-refractivity contribution in [2.75, 3.05) is 11.5 Å². The Kier molecular flexibility index (Phi) is 7.63. The molecule has 0 fully saturated rings. The van der Waals surface area contributed by atoms with Crippen molar-refractivity contribution in [1.29, 1.82) is 0 Å². The summed E-state index contributed by atoms with van der Waals surface area (Å²) in [6.07, 6.45) is 0.860. The first-order chi connectivity index (χ1) is 7.02. The lowest BCUT2D eigenvalue weighted by Crippen LogP contribution is -2.50. The minimum Gasteiger partial charge on any atom is -0.368 e. The Morgan fingerprint density at radius 1 is 1.20 bits per heavy atom. The van der Waals surface area contributed by atoms with E-state index in [9.17, 15) is 9.59 Å². The third-order valence-electron chi connectivity index (χ3n) is 1.85. The molecular weight excluding hydrogens is 234 g/mol. The summed E-state index contributed by atoms with van der Waals surface area (Å²) < 4.78 is 0. The number of hydrogen-bond donors (Lipinski definition) is 5. The lowest BCUT2D eigenvalue weighted by atomic mass is 10.1. The molecule has 0 aliphatic heterocycles. The first-order valence-corrected chi connectivity index (χ1v) is 5.86. The molecule has 0 bridgehead atoms. The molecule has 2 atom stereocenters. The van der Waals surface area contributed by atoms with Crippen LogP contribution in [0.25, 0.3) is 0 Å². The van der Waals surface area contributed by atoms with Gasteiger partial charge in [0.25, 0.3) is 0 Å². The highest BCUT2D eigenvalue weighted by Gasteiger charge is 2.20. The molecule has 0 saturated carbocycles. The second-order valence-electron chi connectivity index (χ2n) is 3.09. The zero-order valence-electron chi connectivity index (χ0n) is 8.35. The van der Waals surface area contributed by atoms with Gasteiger partial charge in [-0.05, 0) is 24.3 Å². The van der Waals surface area contributed by atoms with Crippen LogP contribution in [0.15, 0.2) is 0 Å². The summed E-state index contributed by atoms with van der Waals surface area (Å²) in [5.41, 5.74) is 10.6. The molecule has 0 radical (unpaired) electrons. The van der Waals surface area contributed by atoms with Crippen LogP contribution in [0.2, 0.25) is 0 Å². The monoisotopic (exact) mass is 251 g/mol. The number of hydrogen-bond acceptors (Lipinski definition) is 5. The van der Waals surface area contributed by atoms with Gasteiger partial charge in [0.15, 0.2) is 0 Å². The molecule has 0 heterocycles. The Morgan fingerprint density at radius 2 is 1.73 bits per heavy atom. The van der Waals surface area contributed by atoms with E-state index in [0.29, 0.717) is 24.3 Å². The van der Waals surface area contributed by atoms with Crippen LogP contribution in [-0.4, -0.2) is 35.4 Å². The highest BCUT2D eigenvalue weighted by Crippen LogP contribution is 1.96. The summed E-state index contributed by atoms with van der Waals surface area (Å²) in [7, 11) is 0. The number of nitrogens with one attached hydrogen (secondary N) is 1. The van der Waals surface area contributed by atoms with Gasteiger partial charge < -0.3 is 16.8 Å². The summed E-state index contributed by atoms with van der Waals surface area (Å²) in [5.74, 6) is 0.0306. The minimum absolute atomic E-state index is 0.380. The summed E-state index contributed by atoms with van der Waals surface area (Å²) >= 11 is 7.93. The van der Waals surface area contributed by atoms with E-state index < -0.39 is 18.0 Å². The first kappa shape index (κ1) is 14.6. The van der Waals surface area contributed by atoms with Crippen molar-refractivity contribution in [3.05, 3.63) is 0 Å². The lowest BCUT2D eigenvalue weighted by molar-refractivity contribution is -0.128. The van der Waals surface area contributed by atoms with Gasteiger partial charge in [0.05, 0.1) is 6.04 Å². The van der Waals surface area contributed by atoms with Crippen LogP contribution in [0, 0.1) is 0 Å². The zero-order chi connectivity index (χ0) is 11.8. The average molecular weight is 251 g/mol. The third-order valence-corrected chi connectivity index (χ3v) is 2.37. The predicted molar refractivity (Wildman–Crippen MR) is 66.0 cm³/mol. The zero-order valence-corrected chi connectivity index (χ0v) is 10.1. The number of carbonyl (C=O) groups is 2. The summed E-state index contributed by atoms with van der Waals surface area (Å²) in [5, 5.41) is 2.48. The van der Waals surface area contributed by atoms with Gasteiger partial charge in [-0.15, -0.1) is 0 Å². The smallest absolute Gasteiger partial charge is 0.240 e. The number of nitrogens with two attached hydrogens (primary N) is 2. The summed E-state index contributed by atoms with van der Waals surface area (Å²) in [4.78, 5) is 22.3. The molecule has 5 nitrogen and oxygen atoms in total. The van der Waals surface area contributed by atoms with Crippen LogP contribution in [0.1, 0.15) is 12.8 Å². The molecule has 0 aromatic heterocycles. The molecule has 0 rings (SSSR count). The molecule has 0 aromatic carbocycles. The molecule has 88 valence electrons. The van der Waals surface area contributed by atoms with Crippen molar-refractivity contribution in [2.24, 2.45) is 11.5 Å². The highest BCUT2D eigenvalue weighted by atomic mass is 32.1. The van der Waals surface area contributed by atoms with Gasteiger partial charge in [-0.2, -0.15) is 25.3 Å². The van der Waals surface area contributed by atoms with Crippen LogP contribution < -0.4 is 16.8 Å². The fraction of sp³-hybridized carbons (Fsp3) is 0.750. The molecular formula is C8H17N3O2S2. The van der Waals surface area contributed by atoms with E-state index >= 15 is 0 Å². The van der Waals surface area contributed by atoms with Gasteiger partial charge in [0, 0.05) is 0 Å². The molecule has 15 heavy (non-hydrogen) atoms. The molecule has 2 unspecified atom stereocenters. The maximum atomic E-state index is 11.4. The maximum Gasteiger partial charge on any atom is 0.240 e. The number of amides is 2. The van der Waals surface area contributed by atoms with Gasteiger partial charge in [-0.3, -0.25) is 9.59 Å². The van der Waals surface area contributed by atoms with Crippen molar-refractivity contribution in [3.8, 4) is 0 Å². The quantitative estimate of drug-likeness (QED) is 0.372. The number of carbonyl (C=O) groups excluding carboxylic acids is 2. The van der Waals surface area contributed by atoms with E-state index in [1.807, 2.05) is 0 Å². The lowest BCUT2D eigenvalue weighted by Gasteiger charge is -2.17. The number of primary amides is 1. The second kappa shape index (κ2) is 7.84. The average Bonchev–Trinajstić information content (AvgIpc) is 2.17. The Hall–Kier alpha value is -0.400. The normalized spacial score (nSPS) is 14.3. The highest BCUT2D eigenvalue weighted by molar-refractivity contribution is 7.80. The van der Waals surface area contributed by atoms with Gasteiger partial charge in [-0.1, -0.05) is 0 Å². The Balaban J connectivity index is 4.15. The van der Waals surface area contributed by atoms with Gasteiger partial charge in [0.1, 0.15) is 6.04 Å². The molecule has 5 N–H and O–H groups in total. The van der Waals surface area contributed by atoms with Crippen molar-refractivity contribution >= 4 is 37.1 Å². The molecule has 0 aliphatic carbocycles. The topological polar surface area (TPSA) is 98.2 Å². The Bertz CT molecular complexity index is 226. The van der Waals surface area contributed by atoms with Crippen LogP contribution in [0.3, 0.4) is 0 Å². The largest absolute Gasteiger partial charge is 0.368 e. The fourth-order valence-electron chi connectivity index (χ4n) is 0.964. The first-order valence-electron chi connectivity index (χ1n) is 4.60. The SMILES string of the molecule is NC(=O)C(CCS)NC(=O)C(N)CCS. The maximum absolute atomic E-state index is 11.4. The van der Waals surface area contributed by atoms with Crippen LogP contribution in [0.4, 0.5) is 0 Å². The van der Waals surface area contributed by atoms with E-state index in [0.717, 1.165) is 0 Å². The van der Waals surface area contributed by atoms with Crippen LogP contribution >= 0.6 is 25.3 Å². The molecule has 0 spiro atoms. The minimum atomic E-state index is -0.694. The van der Waals surface area contributed by atoms with E-state index in [4.69, 9.17) is 11.5 Å². The fourth-order valence-corrected chi connectivity index (χ4v) is 1.50. The van der Waals surface area contributed by atoms with Crippen molar-refractivity contribution in [2.45, 2.75) is 24.9 Å². The number of thiol groups is 2. The predicted octanol–water partition coefficient (Wildman–Crippen LogP) is -1.08. The molecule has 0 aromatic rings. The van der Waals surface area contributed by atoms with Crippen molar-refractivity contribution in [1.82, 2.24) is 5.32 Å². The van der Waals surface area contributed by atoms with Crippen LogP contribution in [-0.2, 0) is 9.59 Å². The van der Waals surface area contributed by atoms with Crippen molar-refractivity contribution in [3.63, 3.8) is 0 Å². The third kappa shape index (κ3) is 5.91. The second-order valence-corrected chi connectivity index (χ2v) is 3.99. The summed E-state index contributed by atoms with van der Waals surface area (Å²) in [6, 6.07) is -1.34. The van der Waals surface area contributed by atoms with Crippen LogP contribution in [0.5, 0.6) is 0 Å². The molecule has 0 aliphatic rings. The summed E-state index contributed by atoms with van der Waals surface area (Å²) in [6.45, 7) is 0. The number of rotatable bonds is 7.